The Bertz CT molecular complexity index is 504. The fourth-order valence-electron chi connectivity index (χ4n) is 2.83. The highest BCUT2D eigenvalue weighted by molar-refractivity contribution is 5.90. The van der Waals surface area contributed by atoms with Crippen LogP contribution < -0.4 is 5.32 Å². The molecule has 1 saturated heterocycles. The third-order valence-corrected chi connectivity index (χ3v) is 4.15. The van der Waals surface area contributed by atoms with Gasteiger partial charge in [-0.05, 0) is 50.6 Å². The number of nitrogens with zero attached hydrogens (tertiary/aromatic N) is 2. The summed E-state index contributed by atoms with van der Waals surface area (Å²) in [6.45, 7) is 1.15. The molecule has 21 heavy (non-hydrogen) atoms. The molecule has 112 valence electrons. The molecule has 0 spiro atoms. The Kier molecular flexibility index (Phi) is 5.77. The zero-order chi connectivity index (χ0) is 15.1. The number of carbonyl (C=O) groups excluding carboxylic acids is 1. The minimum Gasteiger partial charge on any atom is -0.326 e. The van der Waals surface area contributed by atoms with E-state index >= 15 is 0 Å². The number of hydrogen-bond acceptors (Lipinski definition) is 3. The Balaban J connectivity index is 1.77. The van der Waals surface area contributed by atoms with Crippen LogP contribution in [0.4, 0.5) is 5.69 Å². The molecule has 0 aliphatic carbocycles. The zero-order valence-electron chi connectivity index (χ0n) is 12.6. The Labute approximate surface area is 126 Å². The van der Waals surface area contributed by atoms with Gasteiger partial charge >= 0.3 is 0 Å². The Morgan fingerprint density at radius 1 is 1.38 bits per heavy atom. The van der Waals surface area contributed by atoms with Crippen LogP contribution in [0.5, 0.6) is 0 Å². The Morgan fingerprint density at radius 2 is 2.14 bits per heavy atom. The third-order valence-electron chi connectivity index (χ3n) is 4.15. The highest BCUT2D eigenvalue weighted by Gasteiger charge is 2.19. The lowest BCUT2D eigenvalue weighted by atomic mass is 9.98. The van der Waals surface area contributed by atoms with Crippen LogP contribution in [0.25, 0.3) is 0 Å². The molecule has 1 heterocycles. The van der Waals surface area contributed by atoms with Crippen molar-refractivity contribution in [3.63, 3.8) is 0 Å². The van der Waals surface area contributed by atoms with E-state index in [0.29, 0.717) is 18.9 Å². The highest BCUT2D eigenvalue weighted by atomic mass is 16.1. The van der Waals surface area contributed by atoms with E-state index in [4.69, 9.17) is 5.26 Å². The molecule has 4 nitrogen and oxygen atoms in total. The monoisotopic (exact) mass is 285 g/mol. The predicted molar refractivity (Wildman–Crippen MR) is 83.9 cm³/mol. The summed E-state index contributed by atoms with van der Waals surface area (Å²) in [5.74, 6) is 0.0713. The number of benzene rings is 1. The van der Waals surface area contributed by atoms with Crippen molar-refractivity contribution >= 4 is 11.6 Å². The number of likely N-dealkylation sites (tertiary alicyclic amines) is 1. The van der Waals surface area contributed by atoms with Crippen LogP contribution in [0.15, 0.2) is 24.3 Å². The third kappa shape index (κ3) is 4.87. The van der Waals surface area contributed by atoms with Gasteiger partial charge in [0.15, 0.2) is 0 Å². The first-order chi connectivity index (χ1) is 10.2. The van der Waals surface area contributed by atoms with Crippen molar-refractivity contribution in [1.82, 2.24) is 4.90 Å². The van der Waals surface area contributed by atoms with Gasteiger partial charge in [-0.3, -0.25) is 4.79 Å². The lowest BCUT2D eigenvalue weighted by Crippen LogP contribution is -2.36. The molecule has 1 N–H and O–H groups in total. The van der Waals surface area contributed by atoms with Gasteiger partial charge in [0.25, 0.3) is 0 Å². The van der Waals surface area contributed by atoms with Crippen molar-refractivity contribution < 1.29 is 4.79 Å². The van der Waals surface area contributed by atoms with Gasteiger partial charge < -0.3 is 10.2 Å². The smallest absolute Gasteiger partial charge is 0.224 e. The molecule has 0 bridgehead atoms. The van der Waals surface area contributed by atoms with Crippen LogP contribution in [0.1, 0.15) is 37.7 Å². The summed E-state index contributed by atoms with van der Waals surface area (Å²) in [6.07, 6.45) is 5.64. The maximum absolute atomic E-state index is 12.0. The van der Waals surface area contributed by atoms with Gasteiger partial charge in [0, 0.05) is 18.2 Å². The quantitative estimate of drug-likeness (QED) is 0.905. The molecule has 4 heteroatoms. The minimum atomic E-state index is 0.0713. The van der Waals surface area contributed by atoms with Gasteiger partial charge in [0.05, 0.1) is 12.5 Å². The van der Waals surface area contributed by atoms with E-state index in [1.54, 1.807) is 0 Å². The van der Waals surface area contributed by atoms with Crippen molar-refractivity contribution in [2.45, 2.75) is 44.6 Å². The molecule has 1 aliphatic rings. The van der Waals surface area contributed by atoms with Gasteiger partial charge in [-0.15, -0.1) is 0 Å². The second kappa shape index (κ2) is 7.80. The summed E-state index contributed by atoms with van der Waals surface area (Å²) in [5, 5.41) is 11.6. The Morgan fingerprint density at radius 3 is 2.81 bits per heavy atom. The minimum absolute atomic E-state index is 0.0713. The number of nitrogens with one attached hydrogen (secondary N) is 1. The van der Waals surface area contributed by atoms with E-state index in [-0.39, 0.29) is 5.91 Å². The van der Waals surface area contributed by atoms with Crippen molar-refractivity contribution in [3.05, 3.63) is 29.8 Å². The fraction of sp³-hybridized carbons (Fsp3) is 0.529. The average Bonchev–Trinajstić information content (AvgIpc) is 2.49. The molecule has 1 aromatic carbocycles. The van der Waals surface area contributed by atoms with Crippen LogP contribution in [0, 0.1) is 11.3 Å². The maximum atomic E-state index is 12.0. The van der Waals surface area contributed by atoms with E-state index < -0.39 is 0 Å². The molecule has 0 saturated carbocycles. The summed E-state index contributed by atoms with van der Waals surface area (Å²) in [4.78, 5) is 14.4. The van der Waals surface area contributed by atoms with E-state index in [0.717, 1.165) is 24.2 Å². The number of carbonyl (C=O) groups is 1. The second-order valence-corrected chi connectivity index (χ2v) is 5.75. The van der Waals surface area contributed by atoms with Gasteiger partial charge in [-0.1, -0.05) is 18.6 Å². The molecule has 1 amide bonds. The van der Waals surface area contributed by atoms with E-state index in [9.17, 15) is 4.79 Å². The molecule has 0 unspecified atom stereocenters. The first-order valence-corrected chi connectivity index (χ1v) is 7.65. The van der Waals surface area contributed by atoms with Crippen LogP contribution in [-0.4, -0.2) is 30.4 Å². The van der Waals surface area contributed by atoms with Crippen molar-refractivity contribution in [2.24, 2.45) is 0 Å². The van der Waals surface area contributed by atoms with E-state index in [1.807, 2.05) is 24.3 Å². The van der Waals surface area contributed by atoms with Crippen LogP contribution >= 0.6 is 0 Å². The van der Waals surface area contributed by atoms with E-state index in [2.05, 4.69) is 23.3 Å². The largest absolute Gasteiger partial charge is 0.326 e. The molecule has 0 aromatic heterocycles. The lowest BCUT2D eigenvalue weighted by Gasteiger charge is -2.32. The van der Waals surface area contributed by atoms with Crippen molar-refractivity contribution in [3.8, 4) is 6.07 Å². The molecular weight excluding hydrogens is 262 g/mol. The van der Waals surface area contributed by atoms with Gasteiger partial charge in [0.1, 0.15) is 0 Å². The average molecular weight is 285 g/mol. The SMILES string of the molecule is CN1CCCC[C@@H]1CCC(=O)Nc1ccc(CC#N)cc1. The van der Waals surface area contributed by atoms with Crippen LogP contribution in [0.3, 0.4) is 0 Å². The van der Waals surface area contributed by atoms with E-state index in [1.165, 1.54) is 19.3 Å². The highest BCUT2D eigenvalue weighted by Crippen LogP contribution is 2.19. The van der Waals surface area contributed by atoms with Gasteiger partial charge in [-0.2, -0.15) is 5.26 Å². The molecular formula is C17H23N3O. The molecule has 1 aliphatic heterocycles. The predicted octanol–water partition coefficient (Wildman–Crippen LogP) is 2.96. The second-order valence-electron chi connectivity index (χ2n) is 5.75. The topological polar surface area (TPSA) is 56.1 Å². The van der Waals surface area contributed by atoms with Gasteiger partial charge in [-0.25, -0.2) is 0 Å². The molecule has 1 fully saturated rings. The summed E-state index contributed by atoms with van der Waals surface area (Å²) in [6, 6.07) is 10.1. The first kappa shape index (κ1) is 15.5. The lowest BCUT2D eigenvalue weighted by molar-refractivity contribution is -0.116. The van der Waals surface area contributed by atoms with Crippen molar-refractivity contribution in [1.29, 1.82) is 5.26 Å². The molecule has 1 atom stereocenters. The number of rotatable bonds is 5. The molecule has 2 rings (SSSR count). The number of piperidine rings is 1. The molecule has 0 radical (unpaired) electrons. The number of hydrogen-bond donors (Lipinski definition) is 1. The maximum Gasteiger partial charge on any atom is 0.224 e. The summed E-state index contributed by atoms with van der Waals surface area (Å²) in [5.41, 5.74) is 1.78. The fourth-order valence-corrected chi connectivity index (χ4v) is 2.83. The Hall–Kier alpha value is -1.86. The summed E-state index contributed by atoms with van der Waals surface area (Å²) >= 11 is 0. The normalized spacial score (nSPS) is 19.0. The summed E-state index contributed by atoms with van der Waals surface area (Å²) in [7, 11) is 2.15. The van der Waals surface area contributed by atoms with Crippen LogP contribution in [0.2, 0.25) is 0 Å². The number of anilines is 1. The zero-order valence-corrected chi connectivity index (χ0v) is 12.6. The number of nitriles is 1. The standard InChI is InChI=1S/C17H23N3O/c1-20-13-3-2-4-16(20)9-10-17(21)19-15-7-5-14(6-8-15)11-12-18/h5-8,16H,2-4,9-11,13H2,1H3,(H,19,21)/t16-/m1/s1. The van der Waals surface area contributed by atoms with Crippen molar-refractivity contribution in [2.75, 3.05) is 18.9 Å². The number of amides is 1. The molecule has 1 aromatic rings. The summed E-state index contributed by atoms with van der Waals surface area (Å²) < 4.78 is 0. The first-order valence-electron chi connectivity index (χ1n) is 7.65. The van der Waals surface area contributed by atoms with Gasteiger partial charge in [0.2, 0.25) is 5.91 Å². The van der Waals surface area contributed by atoms with Crippen LogP contribution in [-0.2, 0) is 11.2 Å².